The molecule has 0 aromatic heterocycles. The van der Waals surface area contributed by atoms with Gasteiger partial charge >= 0.3 is 0 Å². The van der Waals surface area contributed by atoms with E-state index in [-0.39, 0.29) is 0 Å². The van der Waals surface area contributed by atoms with Gasteiger partial charge in [-0.3, -0.25) is 5.41 Å². The van der Waals surface area contributed by atoms with Crippen LogP contribution < -0.4 is 5.32 Å². The lowest BCUT2D eigenvalue weighted by Crippen LogP contribution is -2.30. The molecule has 1 heterocycles. The van der Waals surface area contributed by atoms with Crippen LogP contribution in [0.15, 0.2) is 0 Å². The van der Waals surface area contributed by atoms with Crippen molar-refractivity contribution in [1.29, 1.82) is 5.41 Å². The van der Waals surface area contributed by atoms with Crippen LogP contribution in [0.3, 0.4) is 0 Å². The molecule has 0 aromatic carbocycles. The second-order valence-corrected chi connectivity index (χ2v) is 3.14. The number of morpholine rings is 1. The van der Waals surface area contributed by atoms with Crippen LogP contribution in [0.1, 0.15) is 6.92 Å². The molecule has 1 aliphatic rings. The maximum Gasteiger partial charge on any atom is 0.0607 e. The molecule has 0 spiro atoms. The highest BCUT2D eigenvalue weighted by molar-refractivity contribution is 8.13. The van der Waals surface area contributed by atoms with E-state index in [1.807, 2.05) is 6.26 Å². The van der Waals surface area contributed by atoms with Crippen molar-refractivity contribution in [3.05, 3.63) is 0 Å². The number of thioether (sulfide) groups is 1. The predicted octanol–water partition coefficient (Wildman–Crippen LogP) is 0.953. The van der Waals surface area contributed by atoms with E-state index in [0.29, 0.717) is 5.04 Å². The maximum atomic E-state index is 6.71. The van der Waals surface area contributed by atoms with Crippen LogP contribution in [-0.4, -0.2) is 37.6 Å². The lowest BCUT2D eigenvalue weighted by molar-refractivity contribution is 0.109. The number of nitrogens with one attached hydrogen (secondary N) is 2. The molecule has 0 saturated carbocycles. The van der Waals surface area contributed by atoms with E-state index in [9.17, 15) is 0 Å². The first-order chi connectivity index (χ1) is 5.27. The van der Waals surface area contributed by atoms with Crippen molar-refractivity contribution in [1.82, 2.24) is 5.32 Å². The van der Waals surface area contributed by atoms with Crippen LogP contribution in [0, 0.1) is 5.41 Å². The average Bonchev–Trinajstić information content (AvgIpc) is 2.09. The van der Waals surface area contributed by atoms with E-state index in [1.54, 1.807) is 6.92 Å². The van der Waals surface area contributed by atoms with Crippen molar-refractivity contribution in [3.8, 4) is 0 Å². The Bertz CT molecular complexity index is 93.1. The van der Waals surface area contributed by atoms with Crippen molar-refractivity contribution >= 4 is 16.8 Å². The molecule has 0 amide bonds. The molecule has 1 fully saturated rings. The van der Waals surface area contributed by atoms with E-state index < -0.39 is 0 Å². The highest BCUT2D eigenvalue weighted by Crippen LogP contribution is 1.89. The lowest BCUT2D eigenvalue weighted by Gasteiger charge is -2.10. The molecule has 0 aliphatic carbocycles. The Balaban J connectivity index is 0.000000187. The summed E-state index contributed by atoms with van der Waals surface area (Å²) in [5, 5.41) is 10.5. The fourth-order valence-electron chi connectivity index (χ4n) is 0.516. The minimum atomic E-state index is 0.671. The monoisotopic (exact) mass is 176 g/mol. The Hall–Kier alpha value is -0.0600. The largest absolute Gasteiger partial charge is 0.379 e. The van der Waals surface area contributed by atoms with Crippen LogP contribution in [-0.2, 0) is 4.74 Å². The Morgan fingerprint density at radius 1 is 1.45 bits per heavy atom. The SMILES string of the molecule is C1COCCN1.CSC(C)=N. The van der Waals surface area contributed by atoms with Crippen molar-refractivity contribution < 1.29 is 4.74 Å². The first-order valence-corrected chi connectivity index (χ1v) is 4.87. The summed E-state index contributed by atoms with van der Waals surface area (Å²) < 4.78 is 5.01. The quantitative estimate of drug-likeness (QED) is 0.427. The minimum absolute atomic E-state index is 0.671. The van der Waals surface area contributed by atoms with Crippen LogP contribution in [0.2, 0.25) is 0 Å². The summed E-state index contributed by atoms with van der Waals surface area (Å²) in [6, 6.07) is 0. The normalized spacial score (nSPS) is 16.5. The lowest BCUT2D eigenvalue weighted by atomic mass is 10.5. The number of rotatable bonds is 0. The summed E-state index contributed by atoms with van der Waals surface area (Å²) in [5.74, 6) is 0. The summed E-state index contributed by atoms with van der Waals surface area (Å²) in [4.78, 5) is 0. The molecule has 0 bridgehead atoms. The Morgan fingerprint density at radius 3 is 2.00 bits per heavy atom. The number of ether oxygens (including phenoxy) is 1. The standard InChI is InChI=1S/C4H9NO.C3H7NS/c1-3-6-4-2-5-1;1-3(4)5-2/h5H,1-4H2;4H,1-2H3. The van der Waals surface area contributed by atoms with Gasteiger partial charge < -0.3 is 10.1 Å². The van der Waals surface area contributed by atoms with Gasteiger partial charge in [0.1, 0.15) is 0 Å². The molecule has 0 atom stereocenters. The smallest absolute Gasteiger partial charge is 0.0607 e. The van der Waals surface area contributed by atoms with Gasteiger partial charge in [0.15, 0.2) is 0 Å². The van der Waals surface area contributed by atoms with Gasteiger partial charge in [-0.1, -0.05) is 0 Å². The van der Waals surface area contributed by atoms with Crippen molar-refractivity contribution in [2.75, 3.05) is 32.6 Å². The molecule has 1 saturated heterocycles. The van der Waals surface area contributed by atoms with Gasteiger partial charge in [-0.25, -0.2) is 0 Å². The van der Waals surface area contributed by atoms with Gasteiger partial charge in [0.2, 0.25) is 0 Å². The molecule has 1 rings (SSSR count). The third-order valence-corrected chi connectivity index (χ3v) is 1.76. The zero-order chi connectivity index (χ0) is 8.53. The second-order valence-electron chi connectivity index (χ2n) is 2.12. The second kappa shape index (κ2) is 8.04. The van der Waals surface area contributed by atoms with Crippen LogP contribution in [0.4, 0.5) is 0 Å². The molecule has 1 aliphatic heterocycles. The summed E-state index contributed by atoms with van der Waals surface area (Å²) in [7, 11) is 0. The van der Waals surface area contributed by atoms with Gasteiger partial charge in [0, 0.05) is 13.1 Å². The summed E-state index contributed by atoms with van der Waals surface area (Å²) in [5.41, 5.74) is 0. The summed E-state index contributed by atoms with van der Waals surface area (Å²) >= 11 is 1.46. The van der Waals surface area contributed by atoms with Crippen molar-refractivity contribution in [3.63, 3.8) is 0 Å². The van der Waals surface area contributed by atoms with E-state index in [4.69, 9.17) is 10.1 Å². The molecule has 4 heteroatoms. The number of hydrogen-bond acceptors (Lipinski definition) is 4. The summed E-state index contributed by atoms with van der Waals surface area (Å²) in [6.45, 7) is 5.60. The molecular weight excluding hydrogens is 160 g/mol. The van der Waals surface area contributed by atoms with Gasteiger partial charge in [-0.05, 0) is 13.2 Å². The fraction of sp³-hybridized carbons (Fsp3) is 0.857. The number of hydrogen-bond donors (Lipinski definition) is 2. The van der Waals surface area contributed by atoms with Crippen LogP contribution in [0.5, 0.6) is 0 Å². The van der Waals surface area contributed by atoms with E-state index >= 15 is 0 Å². The van der Waals surface area contributed by atoms with Crippen LogP contribution >= 0.6 is 11.8 Å². The van der Waals surface area contributed by atoms with Gasteiger partial charge in [-0.15, -0.1) is 11.8 Å². The van der Waals surface area contributed by atoms with E-state index in [1.165, 1.54) is 11.8 Å². The van der Waals surface area contributed by atoms with Gasteiger partial charge in [-0.2, -0.15) is 0 Å². The van der Waals surface area contributed by atoms with Gasteiger partial charge in [0.05, 0.1) is 18.3 Å². The highest BCUT2D eigenvalue weighted by atomic mass is 32.2. The minimum Gasteiger partial charge on any atom is -0.379 e. The molecule has 0 radical (unpaired) electrons. The molecule has 0 aromatic rings. The van der Waals surface area contributed by atoms with Crippen molar-refractivity contribution in [2.24, 2.45) is 0 Å². The van der Waals surface area contributed by atoms with Crippen molar-refractivity contribution in [2.45, 2.75) is 6.92 Å². The fourth-order valence-corrected chi connectivity index (χ4v) is 0.516. The average molecular weight is 176 g/mol. The third-order valence-electron chi connectivity index (χ3n) is 1.15. The topological polar surface area (TPSA) is 45.1 Å². The van der Waals surface area contributed by atoms with E-state index in [2.05, 4.69) is 5.32 Å². The predicted molar refractivity (Wildman–Crippen MR) is 50.6 cm³/mol. The molecular formula is C7H16N2OS. The van der Waals surface area contributed by atoms with Crippen LogP contribution in [0.25, 0.3) is 0 Å². The van der Waals surface area contributed by atoms with E-state index in [0.717, 1.165) is 26.3 Å². The zero-order valence-corrected chi connectivity index (χ0v) is 7.96. The maximum absolute atomic E-state index is 6.71. The Kier molecular flexibility index (Phi) is 8.00. The molecule has 2 N–H and O–H groups in total. The molecule has 66 valence electrons. The molecule has 11 heavy (non-hydrogen) atoms. The highest BCUT2D eigenvalue weighted by Gasteiger charge is 1.92. The summed E-state index contributed by atoms with van der Waals surface area (Å²) in [6.07, 6.45) is 1.89. The molecule has 0 unspecified atom stereocenters. The Morgan fingerprint density at radius 2 is 1.91 bits per heavy atom. The first kappa shape index (κ1) is 10.9. The zero-order valence-electron chi connectivity index (χ0n) is 7.14. The van der Waals surface area contributed by atoms with Gasteiger partial charge in [0.25, 0.3) is 0 Å². The third kappa shape index (κ3) is 9.94. The Labute approximate surface area is 72.4 Å². The molecule has 3 nitrogen and oxygen atoms in total. The first-order valence-electron chi connectivity index (χ1n) is 3.65.